The summed E-state index contributed by atoms with van der Waals surface area (Å²) in [6.07, 6.45) is 5.48. The maximum absolute atomic E-state index is 12.1. The number of amides is 2. The molecule has 0 bridgehead atoms. The Kier molecular flexibility index (Phi) is 4.09. The summed E-state index contributed by atoms with van der Waals surface area (Å²) in [5.41, 5.74) is 0. The van der Waals surface area contributed by atoms with Crippen molar-refractivity contribution in [3.8, 4) is 0 Å². The summed E-state index contributed by atoms with van der Waals surface area (Å²) >= 11 is 0. The highest BCUT2D eigenvalue weighted by molar-refractivity contribution is 5.75. The molecule has 1 aliphatic heterocycles. The second kappa shape index (κ2) is 5.59. The second-order valence-corrected chi connectivity index (χ2v) is 5.55. The molecule has 1 atom stereocenters. The van der Waals surface area contributed by atoms with Crippen LogP contribution in [-0.4, -0.2) is 53.1 Å². The van der Waals surface area contributed by atoms with Gasteiger partial charge >= 0.3 is 12.0 Å². The largest absolute Gasteiger partial charge is 0.481 e. The van der Waals surface area contributed by atoms with Crippen LogP contribution in [-0.2, 0) is 4.79 Å². The average molecular weight is 254 g/mol. The molecular formula is C13H22N2O3. The first kappa shape index (κ1) is 13.2. The van der Waals surface area contributed by atoms with E-state index < -0.39 is 5.97 Å². The Morgan fingerprint density at radius 2 is 2.00 bits per heavy atom. The second-order valence-electron chi connectivity index (χ2n) is 5.55. The van der Waals surface area contributed by atoms with Crippen molar-refractivity contribution in [2.45, 2.75) is 44.6 Å². The molecule has 5 heteroatoms. The van der Waals surface area contributed by atoms with Gasteiger partial charge in [0.25, 0.3) is 0 Å². The standard InChI is InChI=1S/C13H22N2O3/c1-14-8-10(6-7-12(16)17)9-15(13(14)18)11-4-2-3-5-11/h10-11H,2-9H2,1H3,(H,16,17). The van der Waals surface area contributed by atoms with E-state index in [1.54, 1.807) is 4.90 Å². The SMILES string of the molecule is CN1CC(CCC(=O)O)CN(C2CCCC2)C1=O. The Hall–Kier alpha value is -1.26. The molecule has 102 valence electrons. The minimum atomic E-state index is -0.748. The molecule has 1 unspecified atom stereocenters. The molecule has 1 aliphatic carbocycles. The summed E-state index contributed by atoms with van der Waals surface area (Å²) in [4.78, 5) is 26.5. The van der Waals surface area contributed by atoms with E-state index in [9.17, 15) is 9.59 Å². The third-order valence-electron chi connectivity index (χ3n) is 4.09. The molecular weight excluding hydrogens is 232 g/mol. The van der Waals surface area contributed by atoms with E-state index >= 15 is 0 Å². The molecule has 2 amide bonds. The van der Waals surface area contributed by atoms with Gasteiger partial charge in [0, 0.05) is 32.6 Å². The lowest BCUT2D eigenvalue weighted by Crippen LogP contribution is -2.54. The van der Waals surface area contributed by atoms with Crippen molar-refractivity contribution in [3.63, 3.8) is 0 Å². The Morgan fingerprint density at radius 3 is 2.61 bits per heavy atom. The molecule has 1 heterocycles. The van der Waals surface area contributed by atoms with Crippen LogP contribution in [0.1, 0.15) is 38.5 Å². The number of aliphatic carboxylic acids is 1. The normalized spacial score (nSPS) is 25.8. The van der Waals surface area contributed by atoms with Gasteiger partial charge in [-0.05, 0) is 25.2 Å². The zero-order valence-electron chi connectivity index (χ0n) is 11.0. The Balaban J connectivity index is 1.95. The van der Waals surface area contributed by atoms with Crippen molar-refractivity contribution in [1.82, 2.24) is 9.80 Å². The van der Waals surface area contributed by atoms with Gasteiger partial charge in [-0.1, -0.05) is 12.8 Å². The minimum absolute atomic E-state index is 0.119. The molecule has 2 fully saturated rings. The van der Waals surface area contributed by atoms with Gasteiger partial charge in [0.1, 0.15) is 0 Å². The predicted octanol–water partition coefficient (Wildman–Crippen LogP) is 1.78. The molecule has 2 rings (SSSR count). The number of rotatable bonds is 4. The first-order valence-corrected chi connectivity index (χ1v) is 6.81. The molecule has 2 aliphatic rings. The zero-order valence-corrected chi connectivity index (χ0v) is 11.0. The van der Waals surface area contributed by atoms with E-state index in [0.29, 0.717) is 24.9 Å². The van der Waals surface area contributed by atoms with E-state index in [4.69, 9.17) is 5.11 Å². The smallest absolute Gasteiger partial charge is 0.320 e. The molecule has 0 aromatic carbocycles. The Labute approximate surface area is 108 Å². The third-order valence-corrected chi connectivity index (χ3v) is 4.09. The molecule has 1 N–H and O–H groups in total. The van der Waals surface area contributed by atoms with Crippen LogP contribution < -0.4 is 0 Å². The van der Waals surface area contributed by atoms with Crippen LogP contribution in [0.2, 0.25) is 0 Å². The van der Waals surface area contributed by atoms with Gasteiger partial charge < -0.3 is 14.9 Å². The summed E-state index contributed by atoms with van der Waals surface area (Å²) in [6, 6.07) is 0.501. The molecule has 1 saturated heterocycles. The summed E-state index contributed by atoms with van der Waals surface area (Å²) < 4.78 is 0. The lowest BCUT2D eigenvalue weighted by atomic mass is 9.98. The number of carbonyl (C=O) groups excluding carboxylic acids is 1. The molecule has 0 aromatic heterocycles. The van der Waals surface area contributed by atoms with Crippen molar-refractivity contribution in [2.75, 3.05) is 20.1 Å². The molecule has 0 radical (unpaired) electrons. The van der Waals surface area contributed by atoms with Gasteiger partial charge in [-0.15, -0.1) is 0 Å². The molecule has 5 nitrogen and oxygen atoms in total. The highest BCUT2D eigenvalue weighted by atomic mass is 16.4. The monoisotopic (exact) mass is 254 g/mol. The number of carboxylic acids is 1. The number of carboxylic acid groups (broad SMARTS) is 1. The fourth-order valence-electron chi connectivity index (χ4n) is 3.13. The maximum atomic E-state index is 12.1. The van der Waals surface area contributed by atoms with Gasteiger partial charge in [-0.25, -0.2) is 4.79 Å². The van der Waals surface area contributed by atoms with E-state index in [1.165, 1.54) is 12.8 Å². The van der Waals surface area contributed by atoms with Crippen molar-refractivity contribution >= 4 is 12.0 Å². The molecule has 18 heavy (non-hydrogen) atoms. The lowest BCUT2D eigenvalue weighted by molar-refractivity contribution is -0.137. The topological polar surface area (TPSA) is 60.9 Å². The quantitative estimate of drug-likeness (QED) is 0.831. The average Bonchev–Trinajstić information content (AvgIpc) is 2.84. The first-order valence-electron chi connectivity index (χ1n) is 6.81. The summed E-state index contributed by atoms with van der Waals surface area (Å²) in [6.45, 7) is 1.43. The van der Waals surface area contributed by atoms with Crippen LogP contribution >= 0.6 is 0 Å². The third kappa shape index (κ3) is 2.94. The zero-order chi connectivity index (χ0) is 13.1. The lowest BCUT2D eigenvalue weighted by Gasteiger charge is -2.41. The number of carbonyl (C=O) groups is 2. The van der Waals surface area contributed by atoms with Crippen molar-refractivity contribution in [3.05, 3.63) is 0 Å². The fraction of sp³-hybridized carbons (Fsp3) is 0.846. The van der Waals surface area contributed by atoms with E-state index in [1.807, 2.05) is 11.9 Å². The van der Waals surface area contributed by atoms with E-state index in [-0.39, 0.29) is 12.5 Å². The van der Waals surface area contributed by atoms with Crippen molar-refractivity contribution in [2.24, 2.45) is 5.92 Å². The highest BCUT2D eigenvalue weighted by Crippen LogP contribution is 2.28. The summed E-state index contributed by atoms with van der Waals surface area (Å²) in [5.74, 6) is -0.452. The van der Waals surface area contributed by atoms with E-state index in [2.05, 4.69) is 0 Å². The van der Waals surface area contributed by atoms with Gasteiger partial charge in [0.2, 0.25) is 0 Å². The van der Waals surface area contributed by atoms with Gasteiger partial charge in [-0.3, -0.25) is 4.79 Å². The van der Waals surface area contributed by atoms with Crippen LogP contribution in [0.4, 0.5) is 4.79 Å². The van der Waals surface area contributed by atoms with Gasteiger partial charge in [-0.2, -0.15) is 0 Å². The van der Waals surface area contributed by atoms with Crippen molar-refractivity contribution in [1.29, 1.82) is 0 Å². The van der Waals surface area contributed by atoms with Crippen LogP contribution in [0.3, 0.4) is 0 Å². The molecule has 1 saturated carbocycles. The van der Waals surface area contributed by atoms with Crippen LogP contribution in [0.5, 0.6) is 0 Å². The van der Waals surface area contributed by atoms with Crippen LogP contribution in [0.15, 0.2) is 0 Å². The Morgan fingerprint density at radius 1 is 1.33 bits per heavy atom. The van der Waals surface area contributed by atoms with Gasteiger partial charge in [0.05, 0.1) is 0 Å². The molecule has 0 aromatic rings. The molecule has 0 spiro atoms. The predicted molar refractivity (Wildman–Crippen MR) is 67.3 cm³/mol. The Bertz CT molecular complexity index is 326. The first-order chi connectivity index (χ1) is 8.58. The van der Waals surface area contributed by atoms with Crippen LogP contribution in [0.25, 0.3) is 0 Å². The van der Waals surface area contributed by atoms with Crippen LogP contribution in [0, 0.1) is 5.92 Å². The summed E-state index contributed by atoms with van der Waals surface area (Å²) in [5, 5.41) is 8.75. The number of nitrogens with zero attached hydrogens (tertiary/aromatic N) is 2. The number of hydrogen-bond donors (Lipinski definition) is 1. The fourth-order valence-corrected chi connectivity index (χ4v) is 3.13. The van der Waals surface area contributed by atoms with Gasteiger partial charge in [0.15, 0.2) is 0 Å². The van der Waals surface area contributed by atoms with E-state index in [0.717, 1.165) is 19.4 Å². The number of hydrogen-bond acceptors (Lipinski definition) is 2. The maximum Gasteiger partial charge on any atom is 0.320 e. The highest BCUT2D eigenvalue weighted by Gasteiger charge is 2.35. The minimum Gasteiger partial charge on any atom is -0.481 e. The number of urea groups is 1. The van der Waals surface area contributed by atoms with Crippen molar-refractivity contribution < 1.29 is 14.7 Å². The summed E-state index contributed by atoms with van der Waals surface area (Å²) in [7, 11) is 1.82.